The fourth-order valence-electron chi connectivity index (χ4n) is 2.82. The van der Waals surface area contributed by atoms with Crippen LogP contribution in [-0.2, 0) is 17.6 Å². The lowest BCUT2D eigenvalue weighted by atomic mass is 10.1. The third-order valence-corrected chi connectivity index (χ3v) is 4.93. The van der Waals surface area contributed by atoms with E-state index in [0.717, 1.165) is 28.6 Å². The number of rotatable bonds is 5. The average molecular weight is 351 g/mol. The van der Waals surface area contributed by atoms with Crippen molar-refractivity contribution in [3.8, 4) is 16.5 Å². The number of carbonyl (C=O) groups excluding carboxylic acids is 1. The molecule has 0 radical (unpaired) electrons. The van der Waals surface area contributed by atoms with E-state index in [0.29, 0.717) is 6.54 Å². The molecule has 25 heavy (non-hydrogen) atoms. The summed E-state index contributed by atoms with van der Waals surface area (Å²) in [6, 6.07) is 13.7. The highest BCUT2D eigenvalue weighted by molar-refractivity contribution is 7.13. The topological polar surface area (TPSA) is 64.1 Å². The molecule has 1 atom stereocenters. The summed E-state index contributed by atoms with van der Waals surface area (Å²) in [5, 5.41) is 5.68. The van der Waals surface area contributed by atoms with Gasteiger partial charge in [0.05, 0.1) is 24.4 Å². The molecule has 2 aromatic heterocycles. The Labute approximate surface area is 149 Å². The Morgan fingerprint density at radius 3 is 2.96 bits per heavy atom. The number of hydrogen-bond acceptors (Lipinski definition) is 5. The summed E-state index contributed by atoms with van der Waals surface area (Å²) >= 11 is 1.50. The fourth-order valence-corrected chi connectivity index (χ4v) is 3.61. The largest absolute Gasteiger partial charge is 0.488 e. The quantitative estimate of drug-likeness (QED) is 0.768. The molecule has 3 heterocycles. The van der Waals surface area contributed by atoms with E-state index in [9.17, 15) is 4.79 Å². The average Bonchev–Trinajstić information content (AvgIpc) is 3.27. The second-order valence-electron chi connectivity index (χ2n) is 5.89. The lowest BCUT2D eigenvalue weighted by molar-refractivity contribution is -0.120. The number of para-hydroxylation sites is 1. The molecule has 1 aromatic carbocycles. The van der Waals surface area contributed by atoms with Gasteiger partial charge in [-0.15, -0.1) is 11.3 Å². The highest BCUT2D eigenvalue weighted by Gasteiger charge is 2.22. The predicted octanol–water partition coefficient (Wildman–Crippen LogP) is 2.87. The van der Waals surface area contributed by atoms with Gasteiger partial charge in [-0.25, -0.2) is 4.98 Å². The van der Waals surface area contributed by atoms with E-state index < -0.39 is 0 Å². The maximum absolute atomic E-state index is 12.2. The van der Waals surface area contributed by atoms with Gasteiger partial charge in [-0.1, -0.05) is 24.3 Å². The number of aromatic nitrogens is 2. The molecule has 0 spiro atoms. The first kappa shape index (κ1) is 15.8. The second-order valence-corrected chi connectivity index (χ2v) is 6.75. The van der Waals surface area contributed by atoms with E-state index in [2.05, 4.69) is 21.4 Å². The fraction of sp³-hybridized carbons (Fsp3) is 0.211. The summed E-state index contributed by atoms with van der Waals surface area (Å²) in [6.07, 6.45) is 2.84. The second kappa shape index (κ2) is 7.03. The molecule has 0 saturated carbocycles. The van der Waals surface area contributed by atoms with Crippen LogP contribution in [0.2, 0.25) is 0 Å². The molecule has 0 bridgehead atoms. The zero-order valence-corrected chi connectivity index (χ0v) is 14.3. The number of amides is 1. The molecule has 1 aliphatic heterocycles. The molecule has 1 amide bonds. The van der Waals surface area contributed by atoms with Gasteiger partial charge in [-0.2, -0.15) is 0 Å². The number of nitrogens with one attached hydrogen (secondary N) is 1. The van der Waals surface area contributed by atoms with Gasteiger partial charge in [-0.05, 0) is 23.8 Å². The van der Waals surface area contributed by atoms with Crippen molar-refractivity contribution in [2.75, 3.05) is 6.54 Å². The summed E-state index contributed by atoms with van der Waals surface area (Å²) in [6.45, 7) is 0.505. The van der Waals surface area contributed by atoms with E-state index in [-0.39, 0.29) is 18.4 Å². The minimum atomic E-state index is -0.0440. The van der Waals surface area contributed by atoms with Crippen molar-refractivity contribution in [1.82, 2.24) is 15.3 Å². The molecular weight excluding hydrogens is 334 g/mol. The highest BCUT2D eigenvalue weighted by Crippen LogP contribution is 2.27. The first-order valence-electron chi connectivity index (χ1n) is 8.15. The monoisotopic (exact) mass is 351 g/mol. The first-order valence-corrected chi connectivity index (χ1v) is 9.03. The van der Waals surface area contributed by atoms with Crippen LogP contribution in [0, 0.1) is 0 Å². The Balaban J connectivity index is 1.29. The van der Waals surface area contributed by atoms with Crippen molar-refractivity contribution in [2.45, 2.75) is 18.9 Å². The minimum absolute atomic E-state index is 0.000800. The van der Waals surface area contributed by atoms with Gasteiger partial charge in [-0.3, -0.25) is 9.78 Å². The van der Waals surface area contributed by atoms with Crippen molar-refractivity contribution < 1.29 is 9.53 Å². The normalized spacial score (nSPS) is 15.4. The number of hydrogen-bond donors (Lipinski definition) is 1. The van der Waals surface area contributed by atoms with Crippen LogP contribution in [0.15, 0.2) is 54.0 Å². The van der Waals surface area contributed by atoms with Crippen LogP contribution >= 0.6 is 11.3 Å². The van der Waals surface area contributed by atoms with Crippen LogP contribution in [0.1, 0.15) is 11.3 Å². The molecule has 5 nitrogen and oxygen atoms in total. The third kappa shape index (κ3) is 3.69. The summed E-state index contributed by atoms with van der Waals surface area (Å²) in [7, 11) is 0. The maximum Gasteiger partial charge on any atom is 0.226 e. The Kier molecular flexibility index (Phi) is 4.43. The Hall–Kier alpha value is -2.73. The molecule has 4 rings (SSSR count). The molecule has 126 valence electrons. The summed E-state index contributed by atoms with van der Waals surface area (Å²) in [4.78, 5) is 20.9. The molecule has 1 N–H and O–H groups in total. The van der Waals surface area contributed by atoms with Gasteiger partial charge in [0.15, 0.2) is 0 Å². The van der Waals surface area contributed by atoms with Crippen LogP contribution in [0.25, 0.3) is 10.7 Å². The van der Waals surface area contributed by atoms with E-state index >= 15 is 0 Å². The molecule has 3 aromatic rings. The number of pyridine rings is 1. The molecule has 0 aliphatic carbocycles. The van der Waals surface area contributed by atoms with E-state index in [1.807, 2.05) is 41.8 Å². The van der Waals surface area contributed by atoms with Gasteiger partial charge < -0.3 is 10.1 Å². The first-order chi connectivity index (χ1) is 12.3. The van der Waals surface area contributed by atoms with Crippen LogP contribution < -0.4 is 10.1 Å². The van der Waals surface area contributed by atoms with E-state index in [1.54, 1.807) is 6.20 Å². The van der Waals surface area contributed by atoms with Crippen LogP contribution in [-0.4, -0.2) is 28.5 Å². The van der Waals surface area contributed by atoms with Gasteiger partial charge in [0.25, 0.3) is 0 Å². The standard InChI is InChI=1S/C19H17N3O2S/c23-18(21-11-15-9-13-5-1-2-7-17(13)24-15)10-14-12-25-19(22-14)16-6-3-4-8-20-16/h1-8,12,15H,9-11H2,(H,21,23). The van der Waals surface area contributed by atoms with Crippen LogP contribution in [0.3, 0.4) is 0 Å². The Bertz CT molecular complexity index is 854. The SMILES string of the molecule is O=C(Cc1csc(-c2ccccn2)n1)NCC1Cc2ccccc2O1. The number of carbonyl (C=O) groups is 1. The van der Waals surface area contributed by atoms with Crippen molar-refractivity contribution in [2.24, 2.45) is 0 Å². The van der Waals surface area contributed by atoms with Crippen molar-refractivity contribution in [1.29, 1.82) is 0 Å². The van der Waals surface area contributed by atoms with Crippen molar-refractivity contribution >= 4 is 17.2 Å². The van der Waals surface area contributed by atoms with Gasteiger partial charge in [0, 0.05) is 18.0 Å². The number of benzene rings is 1. The summed E-state index contributed by atoms with van der Waals surface area (Å²) in [5.74, 6) is 0.874. The molecule has 6 heteroatoms. The zero-order valence-electron chi connectivity index (χ0n) is 13.5. The smallest absolute Gasteiger partial charge is 0.226 e. The van der Waals surface area contributed by atoms with E-state index in [1.165, 1.54) is 16.9 Å². The zero-order chi connectivity index (χ0) is 17.1. The number of ether oxygens (including phenoxy) is 1. The van der Waals surface area contributed by atoms with Gasteiger partial charge >= 0.3 is 0 Å². The van der Waals surface area contributed by atoms with Crippen molar-refractivity contribution in [3.63, 3.8) is 0 Å². The molecule has 1 unspecified atom stereocenters. The van der Waals surface area contributed by atoms with E-state index in [4.69, 9.17) is 4.74 Å². The van der Waals surface area contributed by atoms with Crippen molar-refractivity contribution in [3.05, 3.63) is 65.3 Å². The maximum atomic E-state index is 12.2. The summed E-state index contributed by atoms with van der Waals surface area (Å²) < 4.78 is 5.83. The molecule has 0 saturated heterocycles. The molecule has 1 aliphatic rings. The third-order valence-electron chi connectivity index (χ3n) is 4.02. The lowest BCUT2D eigenvalue weighted by Crippen LogP contribution is -2.35. The van der Waals surface area contributed by atoms with Gasteiger partial charge in [0.1, 0.15) is 16.9 Å². The Morgan fingerprint density at radius 2 is 2.12 bits per heavy atom. The minimum Gasteiger partial charge on any atom is -0.488 e. The number of nitrogens with zero attached hydrogens (tertiary/aromatic N) is 2. The summed E-state index contributed by atoms with van der Waals surface area (Å²) in [5.41, 5.74) is 2.79. The van der Waals surface area contributed by atoms with Gasteiger partial charge in [0.2, 0.25) is 5.91 Å². The van der Waals surface area contributed by atoms with Crippen LogP contribution in [0.4, 0.5) is 0 Å². The Morgan fingerprint density at radius 1 is 1.24 bits per heavy atom. The molecular formula is C19H17N3O2S. The highest BCUT2D eigenvalue weighted by atomic mass is 32.1. The number of fused-ring (bicyclic) bond motifs is 1. The van der Waals surface area contributed by atoms with Crippen LogP contribution in [0.5, 0.6) is 5.75 Å². The number of thiazole rings is 1. The predicted molar refractivity (Wildman–Crippen MR) is 96.6 cm³/mol. The molecule has 0 fully saturated rings. The lowest BCUT2D eigenvalue weighted by Gasteiger charge is -2.11.